The monoisotopic (exact) mass is 501 g/mol. The highest BCUT2D eigenvalue weighted by Gasteiger charge is 2.16. The highest BCUT2D eigenvalue weighted by atomic mass is 32.2. The van der Waals surface area contributed by atoms with E-state index in [2.05, 4.69) is 53.8 Å². The van der Waals surface area contributed by atoms with Gasteiger partial charge in [0.2, 0.25) is 0 Å². The summed E-state index contributed by atoms with van der Waals surface area (Å²) in [5.41, 5.74) is 4.09. The summed E-state index contributed by atoms with van der Waals surface area (Å²) >= 11 is 0. The van der Waals surface area contributed by atoms with Crippen molar-refractivity contribution in [1.29, 1.82) is 0 Å². The first-order valence-corrected chi connectivity index (χ1v) is 13.1. The Kier molecular flexibility index (Phi) is 12.3. The molecule has 0 aliphatic heterocycles. The Morgan fingerprint density at radius 2 is 1.66 bits per heavy atom. The van der Waals surface area contributed by atoms with E-state index in [-0.39, 0.29) is 17.1 Å². The summed E-state index contributed by atoms with van der Waals surface area (Å²) in [6.07, 6.45) is 3.56. The van der Waals surface area contributed by atoms with Gasteiger partial charge in [-0.2, -0.15) is 15.0 Å². The minimum Gasteiger partial charge on any atom is -0.497 e. The molecule has 0 radical (unpaired) electrons. The zero-order valence-corrected chi connectivity index (χ0v) is 22.8. The molecule has 3 aromatic rings. The van der Waals surface area contributed by atoms with Gasteiger partial charge in [0.05, 0.1) is 18.8 Å². The number of ether oxygens (including phenoxy) is 1. The van der Waals surface area contributed by atoms with E-state index in [1.165, 1.54) is 12.3 Å². The van der Waals surface area contributed by atoms with Crippen molar-refractivity contribution >= 4 is 10.0 Å². The molecule has 2 heterocycles. The number of nitrogens with one attached hydrogen (secondary N) is 1. The van der Waals surface area contributed by atoms with Crippen LogP contribution in [-0.4, -0.2) is 41.5 Å². The SMILES string of the molecule is C=C.CCCc1nn(C(C)C)nc1-c1ccc(OC)cc1.Cc1ccc(S(=O)(=O)NC(C)C)nc1. The minimum atomic E-state index is -3.44. The Balaban J connectivity index is 0.000000341. The Morgan fingerprint density at radius 3 is 2.11 bits per heavy atom. The largest absolute Gasteiger partial charge is 0.497 e. The molecule has 35 heavy (non-hydrogen) atoms. The van der Waals surface area contributed by atoms with E-state index in [0.29, 0.717) is 0 Å². The lowest BCUT2D eigenvalue weighted by Gasteiger charge is -2.08. The maximum absolute atomic E-state index is 11.6. The lowest BCUT2D eigenvalue weighted by molar-refractivity contribution is 0.415. The normalized spacial score (nSPS) is 10.9. The van der Waals surface area contributed by atoms with Crippen molar-refractivity contribution in [2.24, 2.45) is 0 Å². The van der Waals surface area contributed by atoms with Gasteiger partial charge in [0.25, 0.3) is 10.0 Å². The van der Waals surface area contributed by atoms with E-state index < -0.39 is 10.0 Å². The Labute approximate surface area is 210 Å². The van der Waals surface area contributed by atoms with E-state index in [0.717, 1.165) is 41.1 Å². The van der Waals surface area contributed by atoms with Crippen LogP contribution < -0.4 is 9.46 Å². The van der Waals surface area contributed by atoms with E-state index >= 15 is 0 Å². The first-order valence-electron chi connectivity index (χ1n) is 11.6. The van der Waals surface area contributed by atoms with E-state index in [1.807, 2.05) is 31.2 Å². The minimum absolute atomic E-state index is 0.0665. The fraction of sp³-hybridized carbons (Fsp3) is 0.423. The lowest BCUT2D eigenvalue weighted by atomic mass is 10.1. The second-order valence-corrected chi connectivity index (χ2v) is 10.00. The van der Waals surface area contributed by atoms with Gasteiger partial charge in [0.15, 0.2) is 5.03 Å². The molecule has 0 amide bonds. The van der Waals surface area contributed by atoms with Crippen LogP contribution in [-0.2, 0) is 16.4 Å². The molecule has 0 atom stereocenters. The summed E-state index contributed by atoms with van der Waals surface area (Å²) in [7, 11) is -1.76. The van der Waals surface area contributed by atoms with Crippen LogP contribution in [0.2, 0.25) is 0 Å². The molecule has 9 heteroatoms. The predicted octanol–water partition coefficient (Wildman–Crippen LogP) is 5.37. The molecule has 0 spiro atoms. The number of hydrogen-bond donors (Lipinski definition) is 1. The highest BCUT2D eigenvalue weighted by molar-refractivity contribution is 7.89. The molecule has 0 bridgehead atoms. The zero-order chi connectivity index (χ0) is 26.6. The first-order chi connectivity index (χ1) is 16.6. The van der Waals surface area contributed by atoms with Gasteiger partial charge in [-0.25, -0.2) is 18.1 Å². The third-order valence-electron chi connectivity index (χ3n) is 4.56. The third kappa shape index (κ3) is 9.26. The van der Waals surface area contributed by atoms with Crippen molar-refractivity contribution in [3.8, 4) is 17.0 Å². The van der Waals surface area contributed by atoms with Crippen LogP contribution in [0.5, 0.6) is 5.75 Å². The summed E-state index contributed by atoms with van der Waals surface area (Å²) in [6.45, 7) is 17.7. The van der Waals surface area contributed by atoms with Crippen LogP contribution in [0.1, 0.15) is 58.3 Å². The maximum Gasteiger partial charge on any atom is 0.258 e. The van der Waals surface area contributed by atoms with Gasteiger partial charge in [-0.15, -0.1) is 13.2 Å². The summed E-state index contributed by atoms with van der Waals surface area (Å²) in [5.74, 6) is 0.858. The molecule has 8 nitrogen and oxygen atoms in total. The number of rotatable bonds is 8. The second kappa shape index (κ2) is 14.4. The van der Waals surface area contributed by atoms with Crippen LogP contribution in [0.15, 0.2) is 60.8 Å². The topological polar surface area (TPSA) is 99.0 Å². The number of nitrogens with zero attached hydrogens (tertiary/aromatic N) is 4. The van der Waals surface area contributed by atoms with Gasteiger partial charge in [0.1, 0.15) is 11.4 Å². The molecule has 0 aliphatic rings. The molecule has 192 valence electrons. The molecule has 0 fully saturated rings. The lowest BCUT2D eigenvalue weighted by Crippen LogP contribution is -2.30. The molecular formula is C26H39N5O3S. The smallest absolute Gasteiger partial charge is 0.258 e. The standard InChI is InChI=1S/C15H21N3O.C9H14N2O2S.C2H4/c1-5-6-14-15(17-18(16-14)11(2)3)12-7-9-13(19-4)10-8-12;1-7(2)11-14(12,13)9-5-4-8(3)6-10-9;1-2/h7-11H,5-6H2,1-4H3;4-7,11H,1-3H3;1-2H2. The van der Waals surface area contributed by atoms with Crippen LogP contribution in [0.4, 0.5) is 0 Å². The Morgan fingerprint density at radius 1 is 1.03 bits per heavy atom. The highest BCUT2D eigenvalue weighted by Crippen LogP contribution is 2.24. The predicted molar refractivity (Wildman–Crippen MR) is 142 cm³/mol. The van der Waals surface area contributed by atoms with E-state index in [4.69, 9.17) is 4.74 Å². The summed E-state index contributed by atoms with van der Waals surface area (Å²) in [5, 5.41) is 9.28. The van der Waals surface area contributed by atoms with Gasteiger partial charge in [-0.1, -0.05) is 19.4 Å². The fourth-order valence-corrected chi connectivity index (χ4v) is 4.13. The number of aromatic nitrogens is 4. The van der Waals surface area contributed by atoms with Crippen molar-refractivity contribution in [2.45, 2.75) is 71.5 Å². The van der Waals surface area contributed by atoms with Crippen molar-refractivity contribution in [3.05, 3.63) is 67.0 Å². The van der Waals surface area contributed by atoms with Crippen molar-refractivity contribution in [1.82, 2.24) is 24.7 Å². The van der Waals surface area contributed by atoms with Crippen LogP contribution in [0.3, 0.4) is 0 Å². The Bertz CT molecular complexity index is 1120. The molecule has 2 aromatic heterocycles. The van der Waals surface area contributed by atoms with Gasteiger partial charge in [-0.05, 0) is 76.9 Å². The number of benzene rings is 1. The van der Waals surface area contributed by atoms with E-state index in [9.17, 15) is 8.42 Å². The second-order valence-electron chi connectivity index (χ2n) is 8.34. The first kappa shape index (κ1) is 30.0. The summed E-state index contributed by atoms with van der Waals surface area (Å²) in [4.78, 5) is 5.65. The van der Waals surface area contributed by atoms with Crippen LogP contribution in [0.25, 0.3) is 11.3 Å². The quantitative estimate of drug-likeness (QED) is 0.417. The molecule has 0 unspecified atom stereocenters. The summed E-state index contributed by atoms with van der Waals surface area (Å²) in [6, 6.07) is 11.4. The van der Waals surface area contributed by atoms with Crippen LogP contribution >= 0.6 is 0 Å². The molecular weight excluding hydrogens is 462 g/mol. The number of aryl methyl sites for hydroxylation is 2. The average molecular weight is 502 g/mol. The molecule has 1 aromatic carbocycles. The zero-order valence-electron chi connectivity index (χ0n) is 21.9. The number of hydrogen-bond acceptors (Lipinski definition) is 6. The van der Waals surface area contributed by atoms with Gasteiger partial charge >= 0.3 is 0 Å². The maximum atomic E-state index is 11.6. The fourth-order valence-electron chi connectivity index (χ4n) is 2.95. The third-order valence-corrected chi connectivity index (χ3v) is 6.14. The molecule has 1 N–H and O–H groups in total. The van der Waals surface area contributed by atoms with Crippen LogP contribution in [0, 0.1) is 6.92 Å². The molecule has 0 aliphatic carbocycles. The van der Waals surface area contributed by atoms with Crippen molar-refractivity contribution < 1.29 is 13.2 Å². The van der Waals surface area contributed by atoms with Gasteiger partial charge < -0.3 is 4.74 Å². The van der Waals surface area contributed by atoms with Gasteiger partial charge in [-0.3, -0.25) is 0 Å². The Hall–Kier alpha value is -3.04. The van der Waals surface area contributed by atoms with Crippen molar-refractivity contribution in [3.63, 3.8) is 0 Å². The van der Waals surface area contributed by atoms with Gasteiger partial charge in [0, 0.05) is 17.8 Å². The molecule has 0 saturated heterocycles. The van der Waals surface area contributed by atoms with Crippen molar-refractivity contribution in [2.75, 3.05) is 7.11 Å². The number of methoxy groups -OCH3 is 1. The molecule has 3 rings (SSSR count). The number of sulfonamides is 1. The number of pyridine rings is 1. The average Bonchev–Trinajstić information content (AvgIpc) is 3.25. The van der Waals surface area contributed by atoms with E-state index in [1.54, 1.807) is 31.8 Å². The summed E-state index contributed by atoms with van der Waals surface area (Å²) < 4.78 is 30.8. The molecule has 0 saturated carbocycles.